The van der Waals surface area contributed by atoms with Gasteiger partial charge in [0.1, 0.15) is 10.6 Å². The average Bonchev–Trinajstić information content (AvgIpc) is 2.37. The lowest BCUT2D eigenvalue weighted by molar-refractivity contribution is 0.102. The van der Waals surface area contributed by atoms with Crippen LogP contribution in [0.2, 0.25) is 0 Å². The highest BCUT2D eigenvalue weighted by Gasteiger charge is 2.19. The predicted octanol–water partition coefficient (Wildman–Crippen LogP) is 2.61. The number of hydrogen-bond acceptors (Lipinski definition) is 4. The highest BCUT2D eigenvalue weighted by Crippen LogP contribution is 2.24. The van der Waals surface area contributed by atoms with Gasteiger partial charge in [-0.3, -0.25) is 4.79 Å². The van der Waals surface area contributed by atoms with Crippen molar-refractivity contribution in [3.05, 3.63) is 53.6 Å². The molecule has 21 heavy (non-hydrogen) atoms. The smallest absolute Gasteiger partial charge is 0.334 e. The fraction of sp³-hybridized carbons (Fsp3) is 0.0714. The molecule has 0 aliphatic rings. The van der Waals surface area contributed by atoms with Crippen molar-refractivity contribution < 1.29 is 22.2 Å². The first-order chi connectivity index (χ1) is 9.79. The van der Waals surface area contributed by atoms with Gasteiger partial charge in [-0.25, -0.2) is 0 Å². The van der Waals surface area contributed by atoms with E-state index in [2.05, 4.69) is 5.32 Å². The van der Waals surface area contributed by atoms with Crippen LogP contribution in [-0.4, -0.2) is 19.4 Å². The van der Waals surface area contributed by atoms with Gasteiger partial charge in [-0.15, -0.1) is 3.89 Å². The van der Waals surface area contributed by atoms with Gasteiger partial charge >= 0.3 is 10.2 Å². The number of halogens is 1. The molecule has 0 aromatic heterocycles. The number of para-hydroxylation sites is 1. The fourth-order valence-corrected chi connectivity index (χ4v) is 2.50. The summed E-state index contributed by atoms with van der Waals surface area (Å²) < 4.78 is 35.2. The number of phenols is 1. The minimum atomic E-state index is -4.93. The molecule has 2 N–H and O–H groups in total. The molecule has 110 valence electrons. The molecule has 0 heterocycles. The zero-order chi connectivity index (χ0) is 15.6. The van der Waals surface area contributed by atoms with E-state index in [9.17, 15) is 22.2 Å². The van der Waals surface area contributed by atoms with Gasteiger partial charge < -0.3 is 10.4 Å². The first kappa shape index (κ1) is 15.0. The van der Waals surface area contributed by atoms with Crippen LogP contribution in [0.25, 0.3) is 0 Å². The lowest BCUT2D eigenvalue weighted by Crippen LogP contribution is -2.15. The van der Waals surface area contributed by atoms with Gasteiger partial charge in [0, 0.05) is 5.56 Å². The molecule has 0 aliphatic heterocycles. The van der Waals surface area contributed by atoms with Crippen LogP contribution in [0.5, 0.6) is 5.75 Å². The highest BCUT2D eigenvalue weighted by molar-refractivity contribution is 7.86. The molecule has 0 saturated carbocycles. The van der Waals surface area contributed by atoms with Crippen molar-refractivity contribution in [1.82, 2.24) is 0 Å². The topological polar surface area (TPSA) is 83.5 Å². The second kappa shape index (κ2) is 5.53. The van der Waals surface area contributed by atoms with Crippen LogP contribution in [-0.2, 0) is 10.2 Å². The summed E-state index contributed by atoms with van der Waals surface area (Å²) >= 11 is 0. The van der Waals surface area contributed by atoms with Crippen LogP contribution in [0.1, 0.15) is 15.9 Å². The van der Waals surface area contributed by atoms with Crippen LogP contribution in [0.4, 0.5) is 9.57 Å². The zero-order valence-electron chi connectivity index (χ0n) is 11.0. The third-order valence-electron chi connectivity index (χ3n) is 2.85. The standard InChI is InChI=1S/C14H12FNO4S/c1-9-8-10(17)6-7-11(9)14(18)16-12-4-2-3-5-13(12)21(15,19)20/h2-8,17H,1H3,(H,16,18). The molecule has 2 rings (SSSR count). The molecule has 0 spiro atoms. The Morgan fingerprint density at radius 1 is 1.19 bits per heavy atom. The van der Waals surface area contributed by atoms with Crippen LogP contribution < -0.4 is 5.32 Å². The number of hydrogen-bond donors (Lipinski definition) is 2. The van der Waals surface area contributed by atoms with Crippen LogP contribution >= 0.6 is 0 Å². The Hall–Kier alpha value is -2.41. The van der Waals surface area contributed by atoms with E-state index in [4.69, 9.17) is 0 Å². The number of benzene rings is 2. The zero-order valence-corrected chi connectivity index (χ0v) is 11.8. The second-order valence-electron chi connectivity index (χ2n) is 4.39. The maximum Gasteiger partial charge on any atom is 0.334 e. The van der Waals surface area contributed by atoms with Gasteiger partial charge in [0.25, 0.3) is 5.91 Å². The van der Waals surface area contributed by atoms with Crippen molar-refractivity contribution >= 4 is 21.8 Å². The van der Waals surface area contributed by atoms with Crippen molar-refractivity contribution in [2.75, 3.05) is 5.32 Å². The van der Waals surface area contributed by atoms with E-state index in [-0.39, 0.29) is 17.0 Å². The number of rotatable bonds is 3. The summed E-state index contributed by atoms with van der Waals surface area (Å²) in [6.45, 7) is 1.62. The van der Waals surface area contributed by atoms with Crippen molar-refractivity contribution in [3.63, 3.8) is 0 Å². The van der Waals surface area contributed by atoms with E-state index < -0.39 is 21.0 Å². The largest absolute Gasteiger partial charge is 0.508 e. The van der Waals surface area contributed by atoms with Gasteiger partial charge in [0.05, 0.1) is 5.69 Å². The van der Waals surface area contributed by atoms with E-state index in [0.717, 1.165) is 6.07 Å². The number of phenolic OH excluding ortho intramolecular Hbond substituents is 1. The summed E-state index contributed by atoms with van der Waals surface area (Å²) in [4.78, 5) is 11.5. The molecule has 1 amide bonds. The Bertz CT molecular complexity index is 802. The third kappa shape index (κ3) is 3.38. The van der Waals surface area contributed by atoms with Crippen molar-refractivity contribution in [1.29, 1.82) is 0 Å². The number of anilines is 1. The monoisotopic (exact) mass is 309 g/mol. The quantitative estimate of drug-likeness (QED) is 0.854. The number of nitrogens with one attached hydrogen (secondary N) is 1. The summed E-state index contributed by atoms with van der Waals surface area (Å²) in [5.74, 6) is -0.584. The van der Waals surface area contributed by atoms with E-state index in [1.54, 1.807) is 6.92 Å². The maximum atomic E-state index is 13.2. The fourth-order valence-electron chi connectivity index (χ4n) is 1.87. The molecule has 0 radical (unpaired) electrons. The Balaban J connectivity index is 2.37. The van der Waals surface area contributed by atoms with Crippen molar-refractivity contribution in [2.24, 2.45) is 0 Å². The number of aromatic hydroxyl groups is 1. The number of carbonyl (C=O) groups is 1. The minimum Gasteiger partial charge on any atom is -0.508 e. The van der Waals surface area contributed by atoms with Gasteiger partial charge in [0.2, 0.25) is 0 Å². The molecule has 5 nitrogen and oxygen atoms in total. The molecule has 0 unspecified atom stereocenters. The molecule has 0 fully saturated rings. The molecular formula is C14H12FNO4S. The van der Waals surface area contributed by atoms with Crippen LogP contribution in [0.3, 0.4) is 0 Å². The number of aryl methyl sites for hydroxylation is 1. The average molecular weight is 309 g/mol. The van der Waals surface area contributed by atoms with Crippen LogP contribution in [0.15, 0.2) is 47.4 Å². The first-order valence-corrected chi connectivity index (χ1v) is 7.32. The summed E-state index contributed by atoms with van der Waals surface area (Å²) in [5.41, 5.74) is 0.615. The lowest BCUT2D eigenvalue weighted by atomic mass is 10.1. The minimum absolute atomic E-state index is 0.00999. The number of carbonyl (C=O) groups excluding carboxylic acids is 1. The molecule has 0 atom stereocenters. The van der Waals surface area contributed by atoms with E-state index in [1.165, 1.54) is 36.4 Å². The summed E-state index contributed by atoms with van der Waals surface area (Å²) in [6.07, 6.45) is 0. The Labute approximate surface area is 121 Å². The third-order valence-corrected chi connectivity index (χ3v) is 3.73. The Morgan fingerprint density at radius 3 is 2.48 bits per heavy atom. The Kier molecular flexibility index (Phi) is 3.95. The van der Waals surface area contributed by atoms with E-state index >= 15 is 0 Å². The number of amides is 1. The van der Waals surface area contributed by atoms with Crippen molar-refractivity contribution in [3.8, 4) is 5.75 Å². The normalized spacial score (nSPS) is 11.1. The maximum absolute atomic E-state index is 13.2. The van der Waals surface area contributed by atoms with E-state index in [0.29, 0.717) is 5.56 Å². The van der Waals surface area contributed by atoms with Crippen LogP contribution in [0, 0.1) is 6.92 Å². The predicted molar refractivity (Wildman–Crippen MR) is 75.5 cm³/mol. The van der Waals surface area contributed by atoms with Crippen molar-refractivity contribution in [2.45, 2.75) is 11.8 Å². The summed E-state index contributed by atoms with van der Waals surface area (Å²) in [7, 11) is -4.93. The lowest BCUT2D eigenvalue weighted by Gasteiger charge is -2.10. The second-order valence-corrected chi connectivity index (χ2v) is 5.70. The van der Waals surface area contributed by atoms with E-state index in [1.807, 2.05) is 0 Å². The molecule has 2 aromatic rings. The SMILES string of the molecule is Cc1cc(O)ccc1C(=O)Nc1ccccc1S(=O)(=O)F. The molecule has 0 saturated heterocycles. The summed E-state index contributed by atoms with van der Waals surface area (Å²) in [6, 6.07) is 9.32. The van der Waals surface area contributed by atoms with Gasteiger partial charge in [-0.2, -0.15) is 8.42 Å². The highest BCUT2D eigenvalue weighted by atomic mass is 32.3. The van der Waals surface area contributed by atoms with Gasteiger partial charge in [-0.1, -0.05) is 12.1 Å². The van der Waals surface area contributed by atoms with Gasteiger partial charge in [0.15, 0.2) is 0 Å². The molecular weight excluding hydrogens is 297 g/mol. The van der Waals surface area contributed by atoms with Gasteiger partial charge in [-0.05, 0) is 42.8 Å². The first-order valence-electron chi connectivity index (χ1n) is 5.93. The molecule has 0 aliphatic carbocycles. The summed E-state index contributed by atoms with van der Waals surface area (Å²) in [5, 5.41) is 11.7. The molecule has 0 bridgehead atoms. The Morgan fingerprint density at radius 2 is 1.86 bits per heavy atom. The molecule has 7 heteroatoms. The molecule has 2 aromatic carbocycles.